The minimum atomic E-state index is 0.677. The molecule has 1 fully saturated rings. The third kappa shape index (κ3) is 3.93. The van der Waals surface area contributed by atoms with E-state index < -0.39 is 0 Å². The van der Waals surface area contributed by atoms with E-state index in [1.807, 2.05) is 0 Å². The zero-order valence-electron chi connectivity index (χ0n) is 12.5. The molecule has 0 spiro atoms. The van der Waals surface area contributed by atoms with Gasteiger partial charge in [0, 0.05) is 25.0 Å². The predicted molar refractivity (Wildman–Crippen MR) is 83.9 cm³/mol. The van der Waals surface area contributed by atoms with Crippen molar-refractivity contribution in [3.8, 4) is 0 Å². The lowest BCUT2D eigenvalue weighted by Gasteiger charge is -2.36. The topological polar surface area (TPSA) is 28.2 Å². The number of rotatable bonds is 6. The van der Waals surface area contributed by atoms with Crippen LogP contribution >= 0.6 is 11.3 Å². The van der Waals surface area contributed by atoms with Gasteiger partial charge in [-0.3, -0.25) is 0 Å². The maximum absolute atomic E-state index is 4.77. The van der Waals surface area contributed by atoms with E-state index in [1.165, 1.54) is 42.9 Å². The van der Waals surface area contributed by atoms with Crippen LogP contribution in [0.4, 0.5) is 5.13 Å². The molecule has 4 heteroatoms. The van der Waals surface area contributed by atoms with E-state index in [0.29, 0.717) is 6.04 Å². The summed E-state index contributed by atoms with van der Waals surface area (Å²) >= 11 is 1.79. The fourth-order valence-corrected chi connectivity index (χ4v) is 3.80. The molecular formula is C15H27N3S. The van der Waals surface area contributed by atoms with Crippen LogP contribution in [0.1, 0.15) is 51.6 Å². The van der Waals surface area contributed by atoms with Gasteiger partial charge in [-0.15, -0.1) is 11.3 Å². The molecule has 1 N–H and O–H groups in total. The smallest absolute Gasteiger partial charge is 0.185 e. The van der Waals surface area contributed by atoms with Crippen LogP contribution in [0, 0.1) is 5.92 Å². The second-order valence-corrected chi connectivity index (χ2v) is 6.57. The van der Waals surface area contributed by atoms with E-state index in [4.69, 9.17) is 4.98 Å². The summed E-state index contributed by atoms with van der Waals surface area (Å²) in [4.78, 5) is 7.19. The maximum atomic E-state index is 4.77. The van der Waals surface area contributed by atoms with Crippen molar-refractivity contribution in [1.82, 2.24) is 10.3 Å². The van der Waals surface area contributed by atoms with Crippen molar-refractivity contribution in [2.75, 3.05) is 18.5 Å². The lowest BCUT2D eigenvalue weighted by Crippen LogP contribution is -2.38. The van der Waals surface area contributed by atoms with Crippen LogP contribution in [0.15, 0.2) is 5.38 Å². The Morgan fingerprint density at radius 2 is 2.21 bits per heavy atom. The summed E-state index contributed by atoms with van der Waals surface area (Å²) in [5.74, 6) is 0.796. The lowest BCUT2D eigenvalue weighted by atomic mass is 9.85. The average Bonchev–Trinajstić information content (AvgIpc) is 2.88. The highest BCUT2D eigenvalue weighted by Crippen LogP contribution is 2.31. The largest absolute Gasteiger partial charge is 0.348 e. The summed E-state index contributed by atoms with van der Waals surface area (Å²) < 4.78 is 0. The SMILES string of the molecule is CCCNCc1csc(N(C)C2CCCCC2C)n1. The Morgan fingerprint density at radius 1 is 1.42 bits per heavy atom. The van der Waals surface area contributed by atoms with Crippen molar-refractivity contribution < 1.29 is 0 Å². The van der Waals surface area contributed by atoms with Crippen LogP contribution in [0.2, 0.25) is 0 Å². The van der Waals surface area contributed by atoms with Crippen LogP contribution in [-0.2, 0) is 6.54 Å². The number of aromatic nitrogens is 1. The van der Waals surface area contributed by atoms with Gasteiger partial charge in [-0.25, -0.2) is 4.98 Å². The van der Waals surface area contributed by atoms with Gasteiger partial charge in [0.05, 0.1) is 5.69 Å². The Kier molecular flexibility index (Phi) is 5.64. The first-order valence-electron chi connectivity index (χ1n) is 7.60. The van der Waals surface area contributed by atoms with Crippen LogP contribution in [0.5, 0.6) is 0 Å². The molecule has 19 heavy (non-hydrogen) atoms. The minimum absolute atomic E-state index is 0.677. The van der Waals surface area contributed by atoms with Crippen molar-refractivity contribution in [1.29, 1.82) is 0 Å². The Bertz CT molecular complexity index is 377. The van der Waals surface area contributed by atoms with Crippen molar-refractivity contribution in [2.24, 2.45) is 5.92 Å². The fraction of sp³-hybridized carbons (Fsp3) is 0.800. The first kappa shape index (κ1) is 14.8. The number of nitrogens with one attached hydrogen (secondary N) is 1. The van der Waals surface area contributed by atoms with Gasteiger partial charge in [0.2, 0.25) is 0 Å². The Labute approximate surface area is 121 Å². The predicted octanol–water partition coefficient (Wildman–Crippen LogP) is 3.66. The summed E-state index contributed by atoms with van der Waals surface area (Å²) in [5, 5.41) is 6.80. The summed E-state index contributed by atoms with van der Waals surface area (Å²) in [6.45, 7) is 6.55. The van der Waals surface area contributed by atoms with E-state index >= 15 is 0 Å². The molecule has 0 aliphatic heterocycles. The summed E-state index contributed by atoms with van der Waals surface area (Å²) in [7, 11) is 2.22. The molecule has 1 saturated carbocycles. The van der Waals surface area contributed by atoms with E-state index in [2.05, 4.69) is 36.5 Å². The number of nitrogens with zero attached hydrogens (tertiary/aromatic N) is 2. The van der Waals surface area contributed by atoms with Crippen molar-refractivity contribution >= 4 is 16.5 Å². The number of hydrogen-bond donors (Lipinski definition) is 1. The average molecular weight is 281 g/mol. The first-order chi connectivity index (χ1) is 9.22. The van der Waals surface area contributed by atoms with E-state index in [-0.39, 0.29) is 0 Å². The molecule has 0 bridgehead atoms. The van der Waals surface area contributed by atoms with Crippen LogP contribution in [-0.4, -0.2) is 24.6 Å². The zero-order valence-corrected chi connectivity index (χ0v) is 13.3. The van der Waals surface area contributed by atoms with Gasteiger partial charge < -0.3 is 10.2 Å². The van der Waals surface area contributed by atoms with Gasteiger partial charge in [-0.1, -0.05) is 26.7 Å². The molecule has 2 rings (SSSR count). The molecule has 0 aromatic carbocycles. The zero-order chi connectivity index (χ0) is 13.7. The van der Waals surface area contributed by atoms with Crippen molar-refractivity contribution in [3.63, 3.8) is 0 Å². The van der Waals surface area contributed by atoms with Gasteiger partial charge in [0.15, 0.2) is 5.13 Å². The molecule has 108 valence electrons. The number of thiazole rings is 1. The summed E-state index contributed by atoms with van der Waals surface area (Å²) in [6, 6.07) is 0.677. The Balaban J connectivity index is 1.93. The highest BCUT2D eigenvalue weighted by atomic mass is 32.1. The molecule has 0 saturated heterocycles. The van der Waals surface area contributed by atoms with Crippen LogP contribution < -0.4 is 10.2 Å². The standard InChI is InChI=1S/C15H27N3S/c1-4-9-16-10-13-11-19-15(17-13)18(3)14-8-6-5-7-12(14)2/h11-12,14,16H,4-10H2,1-3H3. The van der Waals surface area contributed by atoms with Crippen molar-refractivity contribution in [3.05, 3.63) is 11.1 Å². The quantitative estimate of drug-likeness (QED) is 0.807. The molecule has 3 nitrogen and oxygen atoms in total. The molecule has 2 unspecified atom stereocenters. The molecule has 0 radical (unpaired) electrons. The van der Waals surface area contributed by atoms with Crippen LogP contribution in [0.3, 0.4) is 0 Å². The van der Waals surface area contributed by atoms with Gasteiger partial charge in [0.25, 0.3) is 0 Å². The molecule has 1 aliphatic rings. The molecule has 1 aliphatic carbocycles. The first-order valence-corrected chi connectivity index (χ1v) is 8.48. The summed E-state index contributed by atoms with van der Waals surface area (Å²) in [6.07, 6.45) is 6.63. The molecule has 1 heterocycles. The molecule has 0 amide bonds. The number of anilines is 1. The van der Waals surface area contributed by atoms with E-state index in [9.17, 15) is 0 Å². The Hall–Kier alpha value is -0.610. The van der Waals surface area contributed by atoms with Crippen LogP contribution in [0.25, 0.3) is 0 Å². The third-order valence-electron chi connectivity index (χ3n) is 4.14. The van der Waals surface area contributed by atoms with E-state index in [0.717, 1.165) is 19.0 Å². The maximum Gasteiger partial charge on any atom is 0.185 e. The van der Waals surface area contributed by atoms with Gasteiger partial charge in [0.1, 0.15) is 0 Å². The molecule has 2 atom stereocenters. The minimum Gasteiger partial charge on any atom is -0.348 e. The number of hydrogen-bond acceptors (Lipinski definition) is 4. The van der Waals surface area contributed by atoms with Crippen molar-refractivity contribution in [2.45, 2.75) is 58.5 Å². The van der Waals surface area contributed by atoms with Gasteiger partial charge >= 0.3 is 0 Å². The molecule has 1 aromatic heterocycles. The van der Waals surface area contributed by atoms with Gasteiger partial charge in [-0.2, -0.15) is 0 Å². The van der Waals surface area contributed by atoms with Gasteiger partial charge in [-0.05, 0) is 31.7 Å². The lowest BCUT2D eigenvalue weighted by molar-refractivity contribution is 0.321. The van der Waals surface area contributed by atoms with E-state index in [1.54, 1.807) is 11.3 Å². The summed E-state index contributed by atoms with van der Waals surface area (Å²) in [5.41, 5.74) is 1.18. The molecular weight excluding hydrogens is 254 g/mol. The Morgan fingerprint density at radius 3 is 2.95 bits per heavy atom. The fourth-order valence-electron chi connectivity index (χ4n) is 2.95. The second-order valence-electron chi connectivity index (χ2n) is 5.74. The molecule has 1 aromatic rings. The highest BCUT2D eigenvalue weighted by molar-refractivity contribution is 7.13. The normalized spacial score (nSPS) is 23.5. The third-order valence-corrected chi connectivity index (χ3v) is 5.12. The second kappa shape index (κ2) is 7.25. The monoisotopic (exact) mass is 281 g/mol. The highest BCUT2D eigenvalue weighted by Gasteiger charge is 2.26.